The van der Waals surface area contributed by atoms with E-state index in [2.05, 4.69) is 29.5 Å². The first-order valence-corrected chi connectivity index (χ1v) is 6.75. The largest absolute Gasteiger partial charge is 0.384 e. The van der Waals surface area contributed by atoms with Crippen molar-refractivity contribution < 1.29 is 4.79 Å². The lowest BCUT2D eigenvalue weighted by atomic mass is 10.2. The summed E-state index contributed by atoms with van der Waals surface area (Å²) in [6.45, 7) is 5.13. The summed E-state index contributed by atoms with van der Waals surface area (Å²) in [5, 5.41) is 6.33. The Balaban J connectivity index is 2.00. The lowest BCUT2D eigenvalue weighted by Gasteiger charge is -2.11. The van der Waals surface area contributed by atoms with Crippen LogP contribution in [0.1, 0.15) is 43.5 Å². The molecule has 1 saturated carbocycles. The van der Waals surface area contributed by atoms with E-state index in [4.69, 9.17) is 0 Å². The fraction of sp³-hybridized carbons (Fsp3) is 0.571. The standard InChI is InChI=1S/C14H21N3O/c1-3-6-16-12-5-7-15-9-11(12)14(18)17-13-8-10(13)4-2/h5,7,9-10,13H,3-4,6,8H2,1-2H3,(H,15,16)(H,17,18). The second-order valence-corrected chi connectivity index (χ2v) is 4.83. The molecule has 1 aromatic heterocycles. The molecule has 0 spiro atoms. The third kappa shape index (κ3) is 3.00. The van der Waals surface area contributed by atoms with E-state index in [9.17, 15) is 4.79 Å². The fourth-order valence-electron chi connectivity index (χ4n) is 2.11. The summed E-state index contributed by atoms with van der Waals surface area (Å²) in [5.41, 5.74) is 1.52. The number of aromatic nitrogens is 1. The van der Waals surface area contributed by atoms with E-state index >= 15 is 0 Å². The van der Waals surface area contributed by atoms with Crippen molar-refractivity contribution in [3.8, 4) is 0 Å². The predicted octanol–water partition coefficient (Wildman–Crippen LogP) is 2.43. The molecule has 2 unspecified atom stereocenters. The number of amides is 1. The number of hydrogen-bond donors (Lipinski definition) is 2. The monoisotopic (exact) mass is 247 g/mol. The first kappa shape index (κ1) is 12.9. The smallest absolute Gasteiger partial charge is 0.255 e. The first-order chi connectivity index (χ1) is 8.76. The molecule has 0 aromatic carbocycles. The van der Waals surface area contributed by atoms with E-state index in [1.807, 2.05) is 6.07 Å². The Morgan fingerprint density at radius 3 is 3.00 bits per heavy atom. The molecule has 0 saturated heterocycles. The average Bonchev–Trinajstić information content (AvgIpc) is 3.15. The zero-order valence-electron chi connectivity index (χ0n) is 11.1. The predicted molar refractivity (Wildman–Crippen MR) is 72.7 cm³/mol. The van der Waals surface area contributed by atoms with Gasteiger partial charge in [0.1, 0.15) is 0 Å². The van der Waals surface area contributed by atoms with Crippen LogP contribution in [0.5, 0.6) is 0 Å². The van der Waals surface area contributed by atoms with Crippen LogP contribution in [0.2, 0.25) is 0 Å². The Labute approximate surface area is 108 Å². The second-order valence-electron chi connectivity index (χ2n) is 4.83. The van der Waals surface area contributed by atoms with E-state index in [0.29, 0.717) is 17.5 Å². The van der Waals surface area contributed by atoms with Crippen LogP contribution in [0.15, 0.2) is 18.5 Å². The molecule has 1 aromatic rings. The highest BCUT2D eigenvalue weighted by molar-refractivity contribution is 5.99. The molecule has 1 aliphatic carbocycles. The van der Waals surface area contributed by atoms with Crippen molar-refractivity contribution in [2.24, 2.45) is 5.92 Å². The van der Waals surface area contributed by atoms with Gasteiger partial charge in [-0.1, -0.05) is 20.3 Å². The van der Waals surface area contributed by atoms with Crippen LogP contribution >= 0.6 is 0 Å². The van der Waals surface area contributed by atoms with Gasteiger partial charge in [-0.2, -0.15) is 0 Å². The van der Waals surface area contributed by atoms with Crippen molar-refractivity contribution in [1.82, 2.24) is 10.3 Å². The molecule has 2 atom stereocenters. The topological polar surface area (TPSA) is 54.0 Å². The molecule has 1 amide bonds. The van der Waals surface area contributed by atoms with Gasteiger partial charge in [-0.15, -0.1) is 0 Å². The quantitative estimate of drug-likeness (QED) is 0.811. The highest BCUT2D eigenvalue weighted by atomic mass is 16.1. The lowest BCUT2D eigenvalue weighted by Crippen LogP contribution is -2.27. The summed E-state index contributed by atoms with van der Waals surface area (Å²) in [7, 11) is 0. The number of nitrogens with zero attached hydrogens (tertiary/aromatic N) is 1. The Hall–Kier alpha value is -1.58. The molecule has 0 radical (unpaired) electrons. The summed E-state index contributed by atoms with van der Waals surface area (Å²) in [5.74, 6) is 0.653. The van der Waals surface area contributed by atoms with Gasteiger partial charge in [0.25, 0.3) is 5.91 Å². The van der Waals surface area contributed by atoms with Gasteiger partial charge in [0.2, 0.25) is 0 Å². The number of pyridine rings is 1. The van der Waals surface area contributed by atoms with Gasteiger partial charge in [-0.25, -0.2) is 0 Å². The van der Waals surface area contributed by atoms with Crippen LogP contribution in [0.4, 0.5) is 5.69 Å². The Morgan fingerprint density at radius 1 is 1.50 bits per heavy atom. The van der Waals surface area contributed by atoms with E-state index < -0.39 is 0 Å². The number of nitrogens with one attached hydrogen (secondary N) is 2. The molecule has 98 valence electrons. The van der Waals surface area contributed by atoms with E-state index in [1.165, 1.54) is 0 Å². The molecule has 4 heteroatoms. The summed E-state index contributed by atoms with van der Waals surface area (Å²) in [6, 6.07) is 2.22. The summed E-state index contributed by atoms with van der Waals surface area (Å²) in [6.07, 6.45) is 6.63. The molecule has 2 N–H and O–H groups in total. The molecule has 18 heavy (non-hydrogen) atoms. The van der Waals surface area contributed by atoms with E-state index in [0.717, 1.165) is 31.5 Å². The molecular weight excluding hydrogens is 226 g/mol. The third-order valence-corrected chi connectivity index (χ3v) is 3.39. The van der Waals surface area contributed by atoms with Crippen molar-refractivity contribution >= 4 is 11.6 Å². The molecule has 1 heterocycles. The number of anilines is 1. The van der Waals surface area contributed by atoms with Gasteiger partial charge in [-0.3, -0.25) is 9.78 Å². The molecule has 0 aliphatic heterocycles. The molecule has 2 rings (SSSR count). The zero-order chi connectivity index (χ0) is 13.0. The van der Waals surface area contributed by atoms with Crippen molar-refractivity contribution in [2.45, 2.75) is 39.2 Å². The van der Waals surface area contributed by atoms with Gasteiger partial charge in [0.15, 0.2) is 0 Å². The number of rotatable bonds is 6. The molecule has 4 nitrogen and oxygen atoms in total. The zero-order valence-corrected chi connectivity index (χ0v) is 11.1. The normalized spacial score (nSPS) is 21.4. The minimum Gasteiger partial charge on any atom is -0.384 e. The Morgan fingerprint density at radius 2 is 2.33 bits per heavy atom. The number of hydrogen-bond acceptors (Lipinski definition) is 3. The van der Waals surface area contributed by atoms with Gasteiger partial charge in [0.05, 0.1) is 11.3 Å². The van der Waals surface area contributed by atoms with Gasteiger partial charge in [-0.05, 0) is 24.8 Å². The van der Waals surface area contributed by atoms with Crippen LogP contribution in [0.25, 0.3) is 0 Å². The second kappa shape index (κ2) is 5.85. The Bertz CT molecular complexity index is 419. The van der Waals surface area contributed by atoms with Crippen molar-refractivity contribution in [1.29, 1.82) is 0 Å². The number of carbonyl (C=O) groups is 1. The van der Waals surface area contributed by atoms with E-state index in [-0.39, 0.29) is 5.91 Å². The van der Waals surface area contributed by atoms with Crippen LogP contribution in [-0.4, -0.2) is 23.5 Å². The minimum atomic E-state index is -0.0114. The SMILES string of the molecule is CCCNc1ccncc1C(=O)NC1CC1CC. The fourth-order valence-corrected chi connectivity index (χ4v) is 2.11. The lowest BCUT2D eigenvalue weighted by molar-refractivity contribution is 0.0949. The highest BCUT2D eigenvalue weighted by Gasteiger charge is 2.36. The first-order valence-electron chi connectivity index (χ1n) is 6.75. The van der Waals surface area contributed by atoms with Crippen LogP contribution in [-0.2, 0) is 0 Å². The van der Waals surface area contributed by atoms with Gasteiger partial charge < -0.3 is 10.6 Å². The Kier molecular flexibility index (Phi) is 4.18. The highest BCUT2D eigenvalue weighted by Crippen LogP contribution is 2.33. The van der Waals surface area contributed by atoms with Gasteiger partial charge in [0, 0.05) is 25.0 Å². The molecule has 0 bridgehead atoms. The maximum atomic E-state index is 12.1. The van der Waals surface area contributed by atoms with E-state index in [1.54, 1.807) is 12.4 Å². The molecule has 1 aliphatic rings. The van der Waals surface area contributed by atoms with Crippen molar-refractivity contribution in [3.63, 3.8) is 0 Å². The average molecular weight is 247 g/mol. The van der Waals surface area contributed by atoms with Crippen LogP contribution in [0.3, 0.4) is 0 Å². The maximum absolute atomic E-state index is 12.1. The summed E-state index contributed by atoms with van der Waals surface area (Å²) in [4.78, 5) is 16.2. The van der Waals surface area contributed by atoms with Crippen molar-refractivity contribution in [2.75, 3.05) is 11.9 Å². The molecular formula is C14H21N3O. The minimum absolute atomic E-state index is 0.0114. The van der Waals surface area contributed by atoms with Crippen molar-refractivity contribution in [3.05, 3.63) is 24.0 Å². The summed E-state index contributed by atoms with van der Waals surface area (Å²) >= 11 is 0. The van der Waals surface area contributed by atoms with Crippen LogP contribution < -0.4 is 10.6 Å². The van der Waals surface area contributed by atoms with Gasteiger partial charge >= 0.3 is 0 Å². The maximum Gasteiger partial charge on any atom is 0.255 e. The van der Waals surface area contributed by atoms with Crippen LogP contribution in [0, 0.1) is 5.92 Å². The third-order valence-electron chi connectivity index (χ3n) is 3.39. The number of carbonyl (C=O) groups excluding carboxylic acids is 1. The molecule has 1 fully saturated rings. The summed E-state index contributed by atoms with van der Waals surface area (Å²) < 4.78 is 0.